The monoisotopic (exact) mass is 190 g/mol. The molecule has 1 atom stereocenters. The molecule has 0 amide bonds. The summed E-state index contributed by atoms with van der Waals surface area (Å²) >= 11 is 0. The van der Waals surface area contributed by atoms with Crippen molar-refractivity contribution in [2.24, 2.45) is 0 Å². The van der Waals surface area contributed by atoms with E-state index in [1.807, 2.05) is 0 Å². The Morgan fingerprint density at radius 1 is 1.36 bits per heavy atom. The Labute approximate surface area is 85.3 Å². The zero-order chi connectivity index (χ0) is 9.54. The van der Waals surface area contributed by atoms with Gasteiger partial charge < -0.3 is 4.57 Å². The molecule has 2 heteroatoms. The second-order valence-corrected chi connectivity index (χ2v) is 4.61. The van der Waals surface area contributed by atoms with E-state index in [0.717, 1.165) is 5.92 Å². The quantitative estimate of drug-likeness (QED) is 0.665. The largest absolute Gasteiger partial charge is 0.332 e. The smallest absolute Gasteiger partial charge is 0.109 e. The molecule has 0 spiro atoms. The normalized spacial score (nSPS) is 24.8. The summed E-state index contributed by atoms with van der Waals surface area (Å²) < 4.78 is 2.51. The number of rotatable bonds is 1. The van der Waals surface area contributed by atoms with Gasteiger partial charge in [-0.25, -0.2) is 4.98 Å². The average molecular weight is 190 g/mol. The van der Waals surface area contributed by atoms with Crippen molar-refractivity contribution in [1.82, 2.24) is 9.55 Å². The number of fused-ring (bicyclic) bond motifs is 3. The van der Waals surface area contributed by atoms with Crippen LogP contribution in [-0.2, 0) is 19.4 Å². The lowest BCUT2D eigenvalue weighted by Gasteiger charge is -2.15. The van der Waals surface area contributed by atoms with Crippen LogP contribution in [0.1, 0.15) is 55.7 Å². The van der Waals surface area contributed by atoms with Crippen LogP contribution in [0.4, 0.5) is 0 Å². The topological polar surface area (TPSA) is 17.8 Å². The van der Waals surface area contributed by atoms with Gasteiger partial charge in [0, 0.05) is 24.6 Å². The summed E-state index contributed by atoms with van der Waals surface area (Å²) in [6.07, 6.45) is 7.79. The lowest BCUT2D eigenvalue weighted by atomic mass is 10.1. The van der Waals surface area contributed by atoms with Gasteiger partial charge in [0.1, 0.15) is 5.82 Å². The summed E-state index contributed by atoms with van der Waals surface area (Å²) in [6, 6.07) is 0. The number of aromatic nitrogens is 2. The highest BCUT2D eigenvalue weighted by Crippen LogP contribution is 2.36. The Hall–Kier alpha value is -0.790. The van der Waals surface area contributed by atoms with Crippen LogP contribution in [0.25, 0.3) is 0 Å². The van der Waals surface area contributed by atoms with E-state index >= 15 is 0 Å². The average Bonchev–Trinajstić information content (AvgIpc) is 2.75. The van der Waals surface area contributed by atoms with Gasteiger partial charge >= 0.3 is 0 Å². The van der Waals surface area contributed by atoms with E-state index in [0.29, 0.717) is 0 Å². The van der Waals surface area contributed by atoms with Crippen molar-refractivity contribution in [3.63, 3.8) is 0 Å². The zero-order valence-electron chi connectivity index (χ0n) is 8.92. The van der Waals surface area contributed by atoms with Gasteiger partial charge in [-0.2, -0.15) is 0 Å². The van der Waals surface area contributed by atoms with E-state index in [2.05, 4.69) is 11.5 Å². The molecule has 0 bridgehead atoms. The fourth-order valence-electron chi connectivity index (χ4n) is 3.00. The molecule has 1 aromatic rings. The molecule has 0 fully saturated rings. The lowest BCUT2D eigenvalue weighted by Crippen LogP contribution is -2.12. The molecule has 0 radical (unpaired) electrons. The summed E-state index contributed by atoms with van der Waals surface area (Å²) in [6.45, 7) is 3.52. The second kappa shape index (κ2) is 3.11. The first kappa shape index (κ1) is 8.51. The minimum absolute atomic E-state index is 0.767. The van der Waals surface area contributed by atoms with Gasteiger partial charge in [-0.3, -0.25) is 0 Å². The van der Waals surface area contributed by atoms with E-state index < -0.39 is 0 Å². The van der Waals surface area contributed by atoms with Gasteiger partial charge in [0.15, 0.2) is 0 Å². The van der Waals surface area contributed by atoms with Gasteiger partial charge in [-0.1, -0.05) is 6.92 Å². The van der Waals surface area contributed by atoms with Crippen molar-refractivity contribution >= 4 is 0 Å². The van der Waals surface area contributed by atoms with Gasteiger partial charge in [-0.15, -0.1) is 0 Å². The minimum Gasteiger partial charge on any atom is -0.332 e. The summed E-state index contributed by atoms with van der Waals surface area (Å²) in [4.78, 5) is 4.85. The molecular formula is C12H18N2. The molecule has 1 aliphatic carbocycles. The Kier molecular flexibility index (Phi) is 1.89. The second-order valence-electron chi connectivity index (χ2n) is 4.61. The summed E-state index contributed by atoms with van der Waals surface area (Å²) in [7, 11) is 0. The molecule has 1 unspecified atom stereocenters. The van der Waals surface area contributed by atoms with Crippen molar-refractivity contribution in [3.8, 4) is 0 Å². The Morgan fingerprint density at radius 3 is 3.14 bits per heavy atom. The maximum Gasteiger partial charge on any atom is 0.109 e. The van der Waals surface area contributed by atoms with Gasteiger partial charge in [0.2, 0.25) is 0 Å². The third kappa shape index (κ3) is 1.06. The van der Waals surface area contributed by atoms with Crippen molar-refractivity contribution in [2.45, 2.75) is 57.9 Å². The van der Waals surface area contributed by atoms with Crippen LogP contribution in [0.15, 0.2) is 0 Å². The van der Waals surface area contributed by atoms with Gasteiger partial charge in [0.05, 0.1) is 5.69 Å². The SMILES string of the molecule is CCC1CCc2c1nc1n2CCCC1. The highest BCUT2D eigenvalue weighted by atomic mass is 15.1. The molecular weight excluding hydrogens is 172 g/mol. The van der Waals surface area contributed by atoms with Gasteiger partial charge in [0.25, 0.3) is 0 Å². The minimum atomic E-state index is 0.767. The van der Waals surface area contributed by atoms with Crippen LogP contribution in [-0.4, -0.2) is 9.55 Å². The first-order valence-electron chi connectivity index (χ1n) is 5.98. The van der Waals surface area contributed by atoms with Crippen molar-refractivity contribution < 1.29 is 0 Å². The molecule has 0 saturated carbocycles. The molecule has 2 nitrogen and oxygen atoms in total. The maximum atomic E-state index is 4.85. The zero-order valence-corrected chi connectivity index (χ0v) is 8.92. The predicted octanol–water partition coefficient (Wildman–Crippen LogP) is 2.66. The van der Waals surface area contributed by atoms with Crippen molar-refractivity contribution in [2.75, 3.05) is 0 Å². The first-order valence-corrected chi connectivity index (χ1v) is 5.98. The molecule has 0 aromatic carbocycles. The summed E-state index contributed by atoms with van der Waals surface area (Å²) in [5, 5.41) is 0. The molecule has 2 aliphatic rings. The van der Waals surface area contributed by atoms with Crippen LogP contribution in [0, 0.1) is 0 Å². The van der Waals surface area contributed by atoms with E-state index in [9.17, 15) is 0 Å². The maximum absolute atomic E-state index is 4.85. The Balaban J connectivity index is 2.05. The number of hydrogen-bond donors (Lipinski definition) is 0. The molecule has 3 rings (SSSR count). The fourth-order valence-corrected chi connectivity index (χ4v) is 3.00. The van der Waals surface area contributed by atoms with Crippen LogP contribution < -0.4 is 0 Å². The molecule has 1 aliphatic heterocycles. The van der Waals surface area contributed by atoms with Crippen LogP contribution in [0.3, 0.4) is 0 Å². The highest BCUT2D eigenvalue weighted by molar-refractivity contribution is 5.27. The Morgan fingerprint density at radius 2 is 2.29 bits per heavy atom. The third-order valence-electron chi connectivity index (χ3n) is 3.82. The summed E-state index contributed by atoms with van der Waals surface area (Å²) in [5.41, 5.74) is 3.02. The molecule has 76 valence electrons. The molecule has 0 N–H and O–H groups in total. The van der Waals surface area contributed by atoms with Crippen molar-refractivity contribution in [3.05, 3.63) is 17.2 Å². The number of hydrogen-bond acceptors (Lipinski definition) is 1. The van der Waals surface area contributed by atoms with E-state index in [1.54, 1.807) is 5.69 Å². The third-order valence-corrected chi connectivity index (χ3v) is 3.82. The standard InChI is InChI=1S/C12H18N2/c1-2-9-6-7-10-12(9)13-11-5-3-4-8-14(10)11/h9H,2-8H2,1H3. The van der Waals surface area contributed by atoms with Crippen molar-refractivity contribution in [1.29, 1.82) is 0 Å². The van der Waals surface area contributed by atoms with E-state index in [-0.39, 0.29) is 0 Å². The first-order chi connectivity index (χ1) is 6.90. The molecule has 1 aromatic heterocycles. The van der Waals surface area contributed by atoms with Crippen LogP contribution in [0.2, 0.25) is 0 Å². The summed E-state index contributed by atoms with van der Waals surface area (Å²) in [5.74, 6) is 2.14. The molecule has 14 heavy (non-hydrogen) atoms. The van der Waals surface area contributed by atoms with E-state index in [4.69, 9.17) is 4.98 Å². The van der Waals surface area contributed by atoms with Crippen LogP contribution in [0.5, 0.6) is 0 Å². The number of imidazole rings is 1. The predicted molar refractivity (Wildman–Crippen MR) is 56.5 cm³/mol. The number of nitrogens with zero attached hydrogens (tertiary/aromatic N) is 2. The number of aryl methyl sites for hydroxylation is 1. The molecule has 0 saturated heterocycles. The highest BCUT2D eigenvalue weighted by Gasteiger charge is 2.29. The Bertz CT molecular complexity index is 351. The molecule has 2 heterocycles. The van der Waals surface area contributed by atoms with Gasteiger partial charge in [-0.05, 0) is 32.1 Å². The lowest BCUT2D eigenvalue weighted by molar-refractivity contribution is 0.504. The van der Waals surface area contributed by atoms with E-state index in [1.165, 1.54) is 56.6 Å². The van der Waals surface area contributed by atoms with Crippen LogP contribution >= 0.6 is 0 Å². The fraction of sp³-hybridized carbons (Fsp3) is 0.750.